The van der Waals surface area contributed by atoms with Crippen LogP contribution >= 0.6 is 11.8 Å². The minimum atomic E-state index is -0.0976. The summed E-state index contributed by atoms with van der Waals surface area (Å²) < 4.78 is 5.24. The summed E-state index contributed by atoms with van der Waals surface area (Å²) in [5.41, 5.74) is 1.51. The molecule has 2 aromatic rings. The molecule has 21 heavy (non-hydrogen) atoms. The number of carbonyl (C=O) groups excluding carboxylic acids is 1. The average molecular weight is 302 g/mol. The average Bonchev–Trinajstić information content (AvgIpc) is 3.25. The molecule has 1 aromatic heterocycles. The van der Waals surface area contributed by atoms with E-state index in [-0.39, 0.29) is 5.91 Å². The lowest BCUT2D eigenvalue weighted by atomic mass is 10.2. The second-order valence-corrected chi connectivity index (χ2v) is 6.28. The molecule has 1 saturated carbocycles. The predicted octanol–water partition coefficient (Wildman–Crippen LogP) is 3.55. The van der Waals surface area contributed by atoms with Crippen molar-refractivity contribution in [3.05, 3.63) is 47.3 Å². The molecule has 1 heterocycles. The Hall–Kier alpha value is -1.75. The quantitative estimate of drug-likeness (QED) is 0.792. The highest BCUT2D eigenvalue weighted by Crippen LogP contribution is 2.40. The summed E-state index contributed by atoms with van der Waals surface area (Å²) in [7, 11) is 1.79. The molecule has 1 amide bonds. The molecule has 1 aliphatic rings. The summed E-state index contributed by atoms with van der Waals surface area (Å²) in [6.45, 7) is 0.569. The van der Waals surface area contributed by atoms with Crippen molar-refractivity contribution in [3.63, 3.8) is 0 Å². The fraction of sp³-hybridized carbons (Fsp3) is 0.375. The van der Waals surface area contributed by atoms with Gasteiger partial charge in [0.25, 0.3) is 5.91 Å². The highest BCUT2D eigenvalue weighted by molar-refractivity contribution is 7.98. The Bertz CT molecular complexity index is 632. The molecular weight excluding hydrogens is 284 g/mol. The fourth-order valence-electron chi connectivity index (χ4n) is 2.22. The summed E-state index contributed by atoms with van der Waals surface area (Å²) in [5, 5.41) is 3.90. The normalized spacial score (nSPS) is 14.2. The van der Waals surface area contributed by atoms with E-state index in [2.05, 4.69) is 17.3 Å². The molecule has 0 radical (unpaired) electrons. The topological polar surface area (TPSA) is 46.3 Å². The SMILES string of the molecule is CSc1ccc(CN(C)C(=O)c2cc(C3CC3)on2)cc1. The first kappa shape index (κ1) is 14.2. The van der Waals surface area contributed by atoms with Crippen LogP contribution in [0.1, 0.15) is 40.6 Å². The Kier molecular flexibility index (Phi) is 4.01. The summed E-state index contributed by atoms with van der Waals surface area (Å²) >= 11 is 1.71. The molecule has 0 aliphatic heterocycles. The van der Waals surface area contributed by atoms with Crippen LogP contribution in [0.4, 0.5) is 0 Å². The van der Waals surface area contributed by atoms with Gasteiger partial charge in [-0.2, -0.15) is 0 Å². The van der Waals surface area contributed by atoms with E-state index in [0.717, 1.165) is 24.2 Å². The third-order valence-corrected chi connectivity index (χ3v) is 4.40. The van der Waals surface area contributed by atoms with Crippen molar-refractivity contribution in [2.75, 3.05) is 13.3 Å². The van der Waals surface area contributed by atoms with Crippen LogP contribution < -0.4 is 0 Å². The number of hydrogen-bond donors (Lipinski definition) is 0. The number of nitrogens with zero attached hydrogens (tertiary/aromatic N) is 2. The lowest BCUT2D eigenvalue weighted by Crippen LogP contribution is -2.26. The van der Waals surface area contributed by atoms with E-state index in [1.807, 2.05) is 18.4 Å². The molecule has 3 rings (SSSR count). The molecule has 110 valence electrons. The van der Waals surface area contributed by atoms with Crippen LogP contribution in [0.2, 0.25) is 0 Å². The first-order valence-electron chi connectivity index (χ1n) is 7.02. The molecule has 1 aromatic carbocycles. The van der Waals surface area contributed by atoms with Gasteiger partial charge in [-0.05, 0) is 36.8 Å². The van der Waals surface area contributed by atoms with E-state index < -0.39 is 0 Å². The molecule has 1 aliphatic carbocycles. The van der Waals surface area contributed by atoms with Crippen LogP contribution in [0.5, 0.6) is 0 Å². The van der Waals surface area contributed by atoms with Crippen LogP contribution in [-0.4, -0.2) is 29.3 Å². The Morgan fingerprint density at radius 3 is 2.71 bits per heavy atom. The Morgan fingerprint density at radius 1 is 1.38 bits per heavy atom. The zero-order chi connectivity index (χ0) is 14.8. The van der Waals surface area contributed by atoms with Crippen LogP contribution in [0.25, 0.3) is 0 Å². The maximum Gasteiger partial charge on any atom is 0.276 e. The molecule has 4 nitrogen and oxygen atoms in total. The highest BCUT2D eigenvalue weighted by atomic mass is 32.2. The predicted molar refractivity (Wildman–Crippen MR) is 82.5 cm³/mol. The summed E-state index contributed by atoms with van der Waals surface area (Å²) in [6, 6.07) is 10.0. The van der Waals surface area contributed by atoms with Crippen molar-refractivity contribution in [3.8, 4) is 0 Å². The first-order chi connectivity index (χ1) is 10.2. The number of benzene rings is 1. The van der Waals surface area contributed by atoms with Gasteiger partial charge in [0, 0.05) is 30.5 Å². The molecule has 0 bridgehead atoms. The van der Waals surface area contributed by atoms with Crippen molar-refractivity contribution in [1.82, 2.24) is 10.1 Å². The zero-order valence-corrected chi connectivity index (χ0v) is 13.0. The van der Waals surface area contributed by atoms with Crippen LogP contribution in [0.3, 0.4) is 0 Å². The second-order valence-electron chi connectivity index (χ2n) is 5.40. The summed E-state index contributed by atoms with van der Waals surface area (Å²) in [6.07, 6.45) is 4.33. The summed E-state index contributed by atoms with van der Waals surface area (Å²) in [5.74, 6) is 1.22. The lowest BCUT2D eigenvalue weighted by molar-refractivity contribution is 0.0774. The van der Waals surface area contributed by atoms with Crippen molar-refractivity contribution in [1.29, 1.82) is 0 Å². The maximum atomic E-state index is 12.3. The Morgan fingerprint density at radius 2 is 2.10 bits per heavy atom. The molecular formula is C16H18N2O2S. The smallest absolute Gasteiger partial charge is 0.276 e. The standard InChI is InChI=1S/C16H18N2O2S/c1-18(10-11-3-7-13(21-2)8-4-11)16(19)14-9-15(20-17-14)12-5-6-12/h3-4,7-9,12H,5-6,10H2,1-2H3. The van der Waals surface area contributed by atoms with Gasteiger partial charge in [0.05, 0.1) is 0 Å². The largest absolute Gasteiger partial charge is 0.360 e. The minimum absolute atomic E-state index is 0.0976. The van der Waals surface area contributed by atoms with Crippen LogP contribution in [0.15, 0.2) is 39.8 Å². The van der Waals surface area contributed by atoms with Crippen LogP contribution in [-0.2, 0) is 6.54 Å². The third-order valence-electron chi connectivity index (χ3n) is 3.65. The van der Waals surface area contributed by atoms with Gasteiger partial charge in [0.15, 0.2) is 5.69 Å². The lowest BCUT2D eigenvalue weighted by Gasteiger charge is -2.15. The molecule has 0 N–H and O–H groups in total. The van der Waals surface area contributed by atoms with Gasteiger partial charge in [-0.3, -0.25) is 4.79 Å². The molecule has 0 atom stereocenters. The zero-order valence-electron chi connectivity index (χ0n) is 12.2. The van der Waals surface area contributed by atoms with Gasteiger partial charge in [-0.1, -0.05) is 17.3 Å². The third kappa shape index (κ3) is 3.29. The van der Waals surface area contributed by atoms with E-state index in [4.69, 9.17) is 4.52 Å². The van der Waals surface area contributed by atoms with Gasteiger partial charge >= 0.3 is 0 Å². The number of aromatic nitrogens is 1. The maximum absolute atomic E-state index is 12.3. The van der Waals surface area contributed by atoms with E-state index >= 15 is 0 Å². The van der Waals surface area contributed by atoms with Gasteiger partial charge in [0.2, 0.25) is 0 Å². The first-order valence-corrected chi connectivity index (χ1v) is 8.25. The number of hydrogen-bond acceptors (Lipinski definition) is 4. The van der Waals surface area contributed by atoms with Crippen molar-refractivity contribution < 1.29 is 9.32 Å². The molecule has 0 saturated heterocycles. The van der Waals surface area contributed by atoms with E-state index in [0.29, 0.717) is 18.2 Å². The van der Waals surface area contributed by atoms with Gasteiger partial charge in [0.1, 0.15) is 5.76 Å². The van der Waals surface area contributed by atoms with Gasteiger partial charge in [-0.25, -0.2) is 0 Å². The molecule has 1 fully saturated rings. The van der Waals surface area contributed by atoms with Crippen molar-refractivity contribution >= 4 is 17.7 Å². The summed E-state index contributed by atoms with van der Waals surface area (Å²) in [4.78, 5) is 15.2. The monoisotopic (exact) mass is 302 g/mol. The van der Waals surface area contributed by atoms with Gasteiger partial charge in [-0.15, -0.1) is 11.8 Å². The Labute approximate surface area is 128 Å². The molecule has 5 heteroatoms. The van der Waals surface area contributed by atoms with E-state index in [9.17, 15) is 4.79 Å². The van der Waals surface area contributed by atoms with Crippen LogP contribution in [0, 0.1) is 0 Å². The molecule has 0 spiro atoms. The fourth-order valence-corrected chi connectivity index (χ4v) is 2.63. The number of rotatable bonds is 5. The van der Waals surface area contributed by atoms with E-state index in [1.54, 1.807) is 29.8 Å². The second kappa shape index (κ2) is 5.93. The Balaban J connectivity index is 1.65. The number of carbonyl (C=O) groups is 1. The highest BCUT2D eigenvalue weighted by Gasteiger charge is 2.29. The van der Waals surface area contributed by atoms with Crippen molar-refractivity contribution in [2.24, 2.45) is 0 Å². The number of amides is 1. The van der Waals surface area contributed by atoms with Gasteiger partial charge < -0.3 is 9.42 Å². The number of thioether (sulfide) groups is 1. The minimum Gasteiger partial charge on any atom is -0.360 e. The molecule has 0 unspecified atom stereocenters. The van der Waals surface area contributed by atoms with E-state index in [1.165, 1.54) is 4.90 Å². The van der Waals surface area contributed by atoms with Crippen molar-refractivity contribution in [2.45, 2.75) is 30.2 Å².